The highest BCUT2D eigenvalue weighted by Crippen LogP contribution is 2.18. The summed E-state index contributed by atoms with van der Waals surface area (Å²) in [5.74, 6) is -1.06. The van der Waals surface area contributed by atoms with Gasteiger partial charge < -0.3 is 10.1 Å². The Labute approximate surface area is 158 Å². The van der Waals surface area contributed by atoms with Gasteiger partial charge in [0.05, 0.1) is 5.69 Å². The Morgan fingerprint density at radius 1 is 1.12 bits per heavy atom. The van der Waals surface area contributed by atoms with Crippen LogP contribution < -0.4 is 5.32 Å². The molecule has 3 aromatic rings. The molecule has 6 nitrogen and oxygen atoms in total. The van der Waals surface area contributed by atoms with Crippen molar-refractivity contribution in [2.75, 3.05) is 5.32 Å². The quantitative estimate of drug-likeness (QED) is 0.618. The van der Waals surface area contributed by atoms with E-state index >= 15 is 0 Å². The molecule has 0 aliphatic rings. The SMILES string of the molecule is C[C@H](OC(=O)c1cc(-c2ccccc2)n[nH]1)C(=O)Nc1cccc(Br)c1. The number of H-pyrrole nitrogens is 1. The van der Waals surface area contributed by atoms with Gasteiger partial charge in [-0.25, -0.2) is 4.79 Å². The Kier molecular flexibility index (Phi) is 5.48. The summed E-state index contributed by atoms with van der Waals surface area (Å²) in [5, 5.41) is 9.45. The van der Waals surface area contributed by atoms with Crippen LogP contribution in [0.3, 0.4) is 0 Å². The van der Waals surface area contributed by atoms with Crippen LogP contribution in [0, 0.1) is 0 Å². The average Bonchev–Trinajstić information content (AvgIpc) is 3.12. The number of hydrogen-bond acceptors (Lipinski definition) is 4. The number of benzene rings is 2. The lowest BCUT2D eigenvalue weighted by Gasteiger charge is -2.13. The van der Waals surface area contributed by atoms with Crippen LogP contribution in [0.5, 0.6) is 0 Å². The summed E-state index contributed by atoms with van der Waals surface area (Å²) in [5.41, 5.74) is 2.30. The van der Waals surface area contributed by atoms with Gasteiger partial charge in [-0.15, -0.1) is 0 Å². The lowest BCUT2D eigenvalue weighted by molar-refractivity contribution is -0.123. The molecule has 0 saturated heterocycles. The third-order valence-electron chi connectivity index (χ3n) is 3.61. The van der Waals surface area contributed by atoms with Gasteiger partial charge in [0.25, 0.3) is 5.91 Å². The Bertz CT molecular complexity index is 925. The molecule has 0 bridgehead atoms. The summed E-state index contributed by atoms with van der Waals surface area (Å²) in [6.07, 6.45) is -0.954. The number of halogens is 1. The largest absolute Gasteiger partial charge is 0.448 e. The fraction of sp³-hybridized carbons (Fsp3) is 0.105. The number of nitrogens with one attached hydrogen (secondary N) is 2. The summed E-state index contributed by atoms with van der Waals surface area (Å²) in [7, 11) is 0. The van der Waals surface area contributed by atoms with Gasteiger partial charge in [-0.1, -0.05) is 52.3 Å². The summed E-state index contributed by atoms with van der Waals surface area (Å²) in [6, 6.07) is 18.2. The maximum atomic E-state index is 12.2. The van der Waals surface area contributed by atoms with Gasteiger partial charge in [-0.05, 0) is 31.2 Å². The van der Waals surface area contributed by atoms with Crippen molar-refractivity contribution in [3.8, 4) is 11.3 Å². The maximum absolute atomic E-state index is 12.2. The van der Waals surface area contributed by atoms with E-state index in [0.29, 0.717) is 11.4 Å². The van der Waals surface area contributed by atoms with Crippen LogP contribution in [-0.4, -0.2) is 28.2 Å². The van der Waals surface area contributed by atoms with E-state index in [2.05, 4.69) is 31.4 Å². The van der Waals surface area contributed by atoms with Gasteiger partial charge in [-0.2, -0.15) is 5.10 Å². The maximum Gasteiger partial charge on any atom is 0.357 e. The van der Waals surface area contributed by atoms with Crippen LogP contribution in [0.15, 0.2) is 65.1 Å². The van der Waals surface area contributed by atoms with Crippen molar-refractivity contribution in [1.29, 1.82) is 0 Å². The Balaban J connectivity index is 1.62. The van der Waals surface area contributed by atoms with Crippen LogP contribution in [0.25, 0.3) is 11.3 Å². The molecule has 1 atom stereocenters. The summed E-state index contributed by atoms with van der Waals surface area (Å²) < 4.78 is 6.05. The number of nitrogens with zero attached hydrogens (tertiary/aromatic N) is 1. The second-order valence-electron chi connectivity index (χ2n) is 5.58. The number of esters is 1. The highest BCUT2D eigenvalue weighted by Gasteiger charge is 2.20. The van der Waals surface area contributed by atoms with Gasteiger partial charge in [0.1, 0.15) is 5.69 Å². The fourth-order valence-corrected chi connectivity index (χ4v) is 2.67. The molecule has 0 aliphatic carbocycles. The highest BCUT2D eigenvalue weighted by molar-refractivity contribution is 9.10. The van der Waals surface area contributed by atoms with Crippen LogP contribution in [-0.2, 0) is 9.53 Å². The van der Waals surface area contributed by atoms with Crippen molar-refractivity contribution < 1.29 is 14.3 Å². The van der Waals surface area contributed by atoms with E-state index in [4.69, 9.17) is 4.74 Å². The van der Waals surface area contributed by atoms with Gasteiger partial charge in [0.15, 0.2) is 6.10 Å². The number of anilines is 1. The Morgan fingerprint density at radius 3 is 2.62 bits per heavy atom. The number of hydrogen-bond donors (Lipinski definition) is 2. The zero-order chi connectivity index (χ0) is 18.5. The molecule has 0 spiro atoms. The standard InChI is InChI=1S/C19H16BrN3O3/c1-12(18(24)21-15-9-5-8-14(20)10-15)26-19(25)17-11-16(22-23-17)13-6-3-2-4-7-13/h2-12H,1H3,(H,21,24)(H,22,23)/t12-/m0/s1. The molecule has 0 radical (unpaired) electrons. The first kappa shape index (κ1) is 17.9. The van der Waals surface area contributed by atoms with Crippen LogP contribution >= 0.6 is 15.9 Å². The molecular formula is C19H16BrN3O3. The monoisotopic (exact) mass is 413 g/mol. The van der Waals surface area contributed by atoms with E-state index in [0.717, 1.165) is 10.0 Å². The average molecular weight is 414 g/mol. The van der Waals surface area contributed by atoms with Crippen molar-refractivity contribution in [3.05, 3.63) is 70.8 Å². The molecule has 1 amide bonds. The molecule has 7 heteroatoms. The molecule has 2 N–H and O–H groups in total. The number of rotatable bonds is 5. The van der Waals surface area contributed by atoms with E-state index in [1.54, 1.807) is 24.3 Å². The predicted octanol–water partition coefficient (Wildman–Crippen LogP) is 4.02. The second-order valence-corrected chi connectivity index (χ2v) is 6.50. The molecule has 3 rings (SSSR count). The van der Waals surface area contributed by atoms with Crippen LogP contribution in [0.2, 0.25) is 0 Å². The number of aromatic nitrogens is 2. The van der Waals surface area contributed by atoms with Gasteiger partial charge >= 0.3 is 5.97 Å². The lowest BCUT2D eigenvalue weighted by atomic mass is 10.1. The smallest absolute Gasteiger partial charge is 0.357 e. The zero-order valence-corrected chi connectivity index (χ0v) is 15.5. The van der Waals surface area contributed by atoms with Crippen molar-refractivity contribution >= 4 is 33.5 Å². The predicted molar refractivity (Wildman–Crippen MR) is 102 cm³/mol. The molecule has 132 valence electrons. The normalized spacial score (nSPS) is 11.6. The number of carbonyl (C=O) groups excluding carboxylic acids is 2. The Hall–Kier alpha value is -2.93. The molecule has 1 aromatic heterocycles. The minimum Gasteiger partial charge on any atom is -0.448 e. The first-order valence-corrected chi connectivity index (χ1v) is 8.70. The molecule has 0 fully saturated rings. The fourth-order valence-electron chi connectivity index (χ4n) is 2.27. The number of ether oxygens (including phenoxy) is 1. The molecule has 0 aliphatic heterocycles. The third-order valence-corrected chi connectivity index (χ3v) is 4.11. The van der Waals surface area contributed by atoms with E-state index in [-0.39, 0.29) is 5.69 Å². The first-order chi connectivity index (χ1) is 12.5. The number of amides is 1. The van der Waals surface area contributed by atoms with E-state index in [9.17, 15) is 9.59 Å². The summed E-state index contributed by atoms with van der Waals surface area (Å²) >= 11 is 3.33. The summed E-state index contributed by atoms with van der Waals surface area (Å²) in [6.45, 7) is 1.51. The third kappa shape index (κ3) is 4.37. The second kappa shape index (κ2) is 7.97. The molecule has 2 aromatic carbocycles. The zero-order valence-electron chi connectivity index (χ0n) is 13.9. The van der Waals surface area contributed by atoms with Crippen molar-refractivity contribution in [1.82, 2.24) is 10.2 Å². The van der Waals surface area contributed by atoms with Gasteiger partial charge in [0, 0.05) is 15.7 Å². The number of aromatic amines is 1. The molecule has 1 heterocycles. The lowest BCUT2D eigenvalue weighted by Crippen LogP contribution is -2.30. The molecule has 26 heavy (non-hydrogen) atoms. The summed E-state index contributed by atoms with van der Waals surface area (Å²) in [4.78, 5) is 24.4. The van der Waals surface area contributed by atoms with E-state index in [1.165, 1.54) is 6.92 Å². The van der Waals surface area contributed by atoms with Crippen molar-refractivity contribution in [2.45, 2.75) is 13.0 Å². The van der Waals surface area contributed by atoms with E-state index < -0.39 is 18.0 Å². The Morgan fingerprint density at radius 2 is 1.88 bits per heavy atom. The van der Waals surface area contributed by atoms with Gasteiger partial charge in [-0.3, -0.25) is 9.89 Å². The van der Waals surface area contributed by atoms with Crippen LogP contribution in [0.1, 0.15) is 17.4 Å². The molecular weight excluding hydrogens is 398 g/mol. The van der Waals surface area contributed by atoms with Crippen molar-refractivity contribution in [2.24, 2.45) is 0 Å². The van der Waals surface area contributed by atoms with Gasteiger partial charge in [0.2, 0.25) is 0 Å². The minimum atomic E-state index is -0.954. The van der Waals surface area contributed by atoms with Crippen molar-refractivity contribution in [3.63, 3.8) is 0 Å². The first-order valence-electron chi connectivity index (χ1n) is 7.91. The topological polar surface area (TPSA) is 84.1 Å². The molecule has 0 saturated carbocycles. The molecule has 0 unspecified atom stereocenters. The number of carbonyl (C=O) groups is 2. The minimum absolute atomic E-state index is 0.186. The van der Waals surface area contributed by atoms with Crippen LogP contribution in [0.4, 0.5) is 5.69 Å². The highest BCUT2D eigenvalue weighted by atomic mass is 79.9. The van der Waals surface area contributed by atoms with E-state index in [1.807, 2.05) is 36.4 Å².